The van der Waals surface area contributed by atoms with E-state index in [-0.39, 0.29) is 5.41 Å². The molecule has 0 saturated heterocycles. The summed E-state index contributed by atoms with van der Waals surface area (Å²) < 4.78 is 0. The molecule has 0 radical (unpaired) electrons. The molecule has 0 amide bonds. The number of hydrogen-bond donors (Lipinski definition) is 0. The van der Waals surface area contributed by atoms with Crippen LogP contribution in [0, 0.1) is 46.3 Å². The van der Waals surface area contributed by atoms with Crippen LogP contribution in [0.25, 0.3) is 0 Å². The maximum Gasteiger partial charge on any atom is 0.136 e. The van der Waals surface area contributed by atoms with Gasteiger partial charge in [0.15, 0.2) is 0 Å². The van der Waals surface area contributed by atoms with Gasteiger partial charge in [0.1, 0.15) is 5.78 Å². The Bertz CT molecular complexity index is 536. The number of fused-ring (bicyclic) bond motifs is 5. The fraction of sp³-hybridized carbons (Fsp3) is 0.870. The van der Waals surface area contributed by atoms with E-state index in [1.165, 1.54) is 51.4 Å². The van der Waals surface area contributed by atoms with Gasteiger partial charge in [-0.05, 0) is 99.2 Å². The molecule has 4 fully saturated rings. The third-order valence-electron chi connectivity index (χ3n) is 9.45. The number of ketones is 1. The van der Waals surface area contributed by atoms with Gasteiger partial charge in [0.05, 0.1) is 0 Å². The Morgan fingerprint density at radius 1 is 1.04 bits per heavy atom. The summed E-state index contributed by atoms with van der Waals surface area (Å²) in [6.45, 7) is 11.1. The third-order valence-corrected chi connectivity index (χ3v) is 9.45. The van der Waals surface area contributed by atoms with Crippen molar-refractivity contribution >= 4 is 5.78 Å². The fourth-order valence-corrected chi connectivity index (χ4v) is 8.22. The van der Waals surface area contributed by atoms with Crippen molar-refractivity contribution in [2.75, 3.05) is 0 Å². The van der Waals surface area contributed by atoms with Crippen molar-refractivity contribution in [2.24, 2.45) is 46.3 Å². The summed E-state index contributed by atoms with van der Waals surface area (Å²) in [5.74, 6) is 5.12. The molecule has 0 aromatic rings. The summed E-state index contributed by atoms with van der Waals surface area (Å²) >= 11 is 0. The lowest BCUT2D eigenvalue weighted by molar-refractivity contribution is -0.149. The summed E-state index contributed by atoms with van der Waals surface area (Å²) in [4.78, 5) is 12.8. The van der Waals surface area contributed by atoms with Gasteiger partial charge >= 0.3 is 0 Å². The zero-order chi connectivity index (χ0) is 17.1. The first kappa shape index (κ1) is 16.9. The lowest BCUT2D eigenvalue weighted by Crippen LogP contribution is -2.55. The molecule has 0 unspecified atom stereocenters. The van der Waals surface area contributed by atoms with Crippen molar-refractivity contribution in [1.82, 2.24) is 0 Å². The van der Waals surface area contributed by atoms with Gasteiger partial charge in [-0.15, -0.1) is 6.58 Å². The second kappa shape index (κ2) is 5.71. The van der Waals surface area contributed by atoms with E-state index in [0.29, 0.717) is 23.0 Å². The summed E-state index contributed by atoms with van der Waals surface area (Å²) in [6, 6.07) is 0. The lowest BCUT2D eigenvalue weighted by atomic mass is 9.43. The molecule has 0 aromatic carbocycles. The topological polar surface area (TPSA) is 17.1 Å². The molecule has 0 heterocycles. The Balaban J connectivity index is 1.67. The summed E-state index contributed by atoms with van der Waals surface area (Å²) in [5.41, 5.74) is 0.513. The van der Waals surface area contributed by atoms with Gasteiger partial charge in [-0.1, -0.05) is 26.3 Å². The van der Waals surface area contributed by atoms with Crippen LogP contribution < -0.4 is 0 Å². The Morgan fingerprint density at radius 2 is 1.83 bits per heavy atom. The van der Waals surface area contributed by atoms with E-state index in [1.807, 2.05) is 6.92 Å². The predicted molar refractivity (Wildman–Crippen MR) is 99.6 cm³/mol. The molecule has 1 nitrogen and oxygen atoms in total. The molecule has 24 heavy (non-hydrogen) atoms. The van der Waals surface area contributed by atoms with Crippen molar-refractivity contribution in [3.8, 4) is 0 Å². The van der Waals surface area contributed by atoms with Crippen LogP contribution in [0.15, 0.2) is 12.7 Å². The van der Waals surface area contributed by atoms with E-state index in [2.05, 4.69) is 26.5 Å². The molecule has 4 saturated carbocycles. The first-order chi connectivity index (χ1) is 11.4. The normalized spacial score (nSPS) is 53.6. The SMILES string of the molecule is C=C[C@H]1CC[C@H]2[C@@H]3CC[C@H]4C[C@H](C)CC[C@]4(C)[C@H]3CC[C@]12C(C)=O. The fourth-order valence-electron chi connectivity index (χ4n) is 8.22. The lowest BCUT2D eigenvalue weighted by Gasteiger charge is -2.61. The number of carbonyl (C=O) groups is 1. The quantitative estimate of drug-likeness (QED) is 0.565. The highest BCUT2D eigenvalue weighted by Crippen LogP contribution is 2.68. The van der Waals surface area contributed by atoms with Gasteiger partial charge in [0, 0.05) is 5.41 Å². The van der Waals surface area contributed by atoms with Gasteiger partial charge < -0.3 is 0 Å². The Kier molecular flexibility index (Phi) is 4.01. The van der Waals surface area contributed by atoms with Crippen LogP contribution in [-0.2, 0) is 4.79 Å². The molecule has 0 spiro atoms. The molecule has 4 rings (SSSR count). The number of hydrogen-bond acceptors (Lipinski definition) is 1. The smallest absolute Gasteiger partial charge is 0.136 e. The first-order valence-corrected chi connectivity index (χ1v) is 10.6. The average molecular weight is 329 g/mol. The zero-order valence-corrected chi connectivity index (χ0v) is 16.0. The van der Waals surface area contributed by atoms with Crippen LogP contribution in [0.4, 0.5) is 0 Å². The van der Waals surface area contributed by atoms with Crippen molar-refractivity contribution in [3.63, 3.8) is 0 Å². The van der Waals surface area contributed by atoms with Gasteiger partial charge in [-0.2, -0.15) is 0 Å². The Morgan fingerprint density at radius 3 is 2.54 bits per heavy atom. The maximum atomic E-state index is 12.8. The summed E-state index contributed by atoms with van der Waals surface area (Å²) in [7, 11) is 0. The molecule has 4 aliphatic rings. The van der Waals surface area contributed by atoms with Gasteiger partial charge in [-0.3, -0.25) is 4.79 Å². The van der Waals surface area contributed by atoms with Crippen LogP contribution in [0.5, 0.6) is 0 Å². The van der Waals surface area contributed by atoms with Crippen LogP contribution >= 0.6 is 0 Å². The predicted octanol–water partition coefficient (Wildman–Crippen LogP) is 6.04. The maximum absolute atomic E-state index is 12.8. The molecule has 1 heteroatoms. The highest BCUT2D eigenvalue weighted by molar-refractivity contribution is 5.84. The molecule has 134 valence electrons. The number of carbonyl (C=O) groups excluding carboxylic acids is 1. The van der Waals surface area contributed by atoms with Crippen LogP contribution in [0.3, 0.4) is 0 Å². The monoisotopic (exact) mass is 328 g/mol. The van der Waals surface area contributed by atoms with Crippen molar-refractivity contribution in [1.29, 1.82) is 0 Å². The van der Waals surface area contributed by atoms with Gasteiger partial charge in [0.2, 0.25) is 0 Å². The molecule has 0 aliphatic heterocycles. The first-order valence-electron chi connectivity index (χ1n) is 10.6. The highest BCUT2D eigenvalue weighted by Gasteiger charge is 2.62. The van der Waals surface area contributed by atoms with Crippen LogP contribution in [-0.4, -0.2) is 5.78 Å². The Labute approximate surface area is 148 Å². The third kappa shape index (κ3) is 2.08. The van der Waals surface area contributed by atoms with E-state index in [1.54, 1.807) is 0 Å². The minimum atomic E-state index is -0.0475. The molecule has 0 bridgehead atoms. The number of Topliss-reactive ketones (excluding diaryl/α,β-unsaturated/α-hetero) is 1. The molecule has 0 N–H and O–H groups in total. The van der Waals surface area contributed by atoms with Gasteiger partial charge in [0.25, 0.3) is 0 Å². The van der Waals surface area contributed by atoms with E-state index in [9.17, 15) is 4.79 Å². The molecular weight excluding hydrogens is 292 g/mol. The van der Waals surface area contributed by atoms with Crippen LogP contribution in [0.2, 0.25) is 0 Å². The zero-order valence-electron chi connectivity index (χ0n) is 16.0. The molecule has 0 aromatic heterocycles. The standard InChI is InChI=1S/C23H36O/c1-5-17-7-9-21-19-8-6-18-14-15(2)10-12-22(18,4)20(19)11-13-23(17,21)16(3)24/h5,15,17-21H,1,6-14H2,2-4H3/t15-,17+,18+,19-,20+,21+,22+,23+/m1/s1. The number of rotatable bonds is 2. The number of allylic oxidation sites excluding steroid dienone is 1. The minimum Gasteiger partial charge on any atom is -0.299 e. The van der Waals surface area contributed by atoms with Gasteiger partial charge in [-0.25, -0.2) is 0 Å². The molecule has 4 aliphatic carbocycles. The Hall–Kier alpha value is -0.590. The van der Waals surface area contributed by atoms with Crippen LogP contribution in [0.1, 0.15) is 78.6 Å². The largest absolute Gasteiger partial charge is 0.299 e. The second-order valence-electron chi connectivity index (χ2n) is 10.1. The minimum absolute atomic E-state index is 0.0475. The highest BCUT2D eigenvalue weighted by atomic mass is 16.1. The average Bonchev–Trinajstić information content (AvgIpc) is 2.95. The van der Waals surface area contributed by atoms with E-state index < -0.39 is 0 Å². The van der Waals surface area contributed by atoms with E-state index >= 15 is 0 Å². The van der Waals surface area contributed by atoms with E-state index in [0.717, 1.165) is 30.1 Å². The molecular formula is C23H36O. The second-order valence-corrected chi connectivity index (χ2v) is 10.1. The van der Waals surface area contributed by atoms with Crippen molar-refractivity contribution in [3.05, 3.63) is 12.7 Å². The molecule has 8 atom stereocenters. The summed E-state index contributed by atoms with van der Waals surface area (Å²) in [5, 5.41) is 0. The van der Waals surface area contributed by atoms with E-state index in [4.69, 9.17) is 0 Å². The van der Waals surface area contributed by atoms with Crippen molar-refractivity contribution < 1.29 is 4.79 Å². The summed E-state index contributed by atoms with van der Waals surface area (Å²) in [6.07, 6.45) is 14.2. The van der Waals surface area contributed by atoms with Crippen molar-refractivity contribution in [2.45, 2.75) is 78.6 Å².